The third-order valence-electron chi connectivity index (χ3n) is 3.07. The molecule has 0 aliphatic carbocycles. The minimum atomic E-state index is -0.285. The Labute approximate surface area is 136 Å². The molecule has 1 amide bonds. The molecule has 3 aromatic rings. The summed E-state index contributed by atoms with van der Waals surface area (Å²) in [5.41, 5.74) is 2.91. The Hall–Kier alpha value is -2.47. The number of benzene rings is 2. The molecule has 0 radical (unpaired) electrons. The predicted octanol–water partition coefficient (Wildman–Crippen LogP) is 3.59. The summed E-state index contributed by atoms with van der Waals surface area (Å²) in [6.07, 6.45) is 1.60. The van der Waals surface area contributed by atoms with Gasteiger partial charge in [0.05, 0.1) is 11.9 Å². The van der Waals surface area contributed by atoms with E-state index in [1.54, 1.807) is 10.9 Å². The Balaban J connectivity index is 1.80. The van der Waals surface area contributed by atoms with Crippen LogP contribution in [0.4, 0.5) is 5.69 Å². The van der Waals surface area contributed by atoms with Gasteiger partial charge in [0.15, 0.2) is 5.69 Å². The standard InChI is InChI=1S/C16H13BrN4O/c1-11-4-2-6-13(8-11)18-16(22)15-10-21(20-19-15)14-7-3-5-12(17)9-14/h2-10H,1H3,(H,18,22). The van der Waals surface area contributed by atoms with Gasteiger partial charge in [0.1, 0.15) is 0 Å². The van der Waals surface area contributed by atoms with Crippen LogP contribution in [-0.4, -0.2) is 20.9 Å². The Bertz CT molecular complexity index is 828. The van der Waals surface area contributed by atoms with E-state index in [9.17, 15) is 4.79 Å². The Morgan fingerprint density at radius 3 is 2.77 bits per heavy atom. The molecule has 0 aliphatic rings. The molecule has 1 aromatic heterocycles. The lowest BCUT2D eigenvalue weighted by molar-refractivity contribution is 0.102. The fourth-order valence-corrected chi connectivity index (χ4v) is 2.42. The van der Waals surface area contributed by atoms with Gasteiger partial charge >= 0.3 is 0 Å². The first kappa shape index (κ1) is 14.5. The molecule has 1 heterocycles. The van der Waals surface area contributed by atoms with Gasteiger partial charge in [0.2, 0.25) is 0 Å². The monoisotopic (exact) mass is 356 g/mol. The number of anilines is 1. The summed E-state index contributed by atoms with van der Waals surface area (Å²) in [6, 6.07) is 15.2. The molecule has 22 heavy (non-hydrogen) atoms. The third-order valence-corrected chi connectivity index (χ3v) is 3.57. The van der Waals surface area contributed by atoms with Crippen LogP contribution < -0.4 is 5.32 Å². The van der Waals surface area contributed by atoms with Crippen molar-refractivity contribution in [3.63, 3.8) is 0 Å². The summed E-state index contributed by atoms with van der Waals surface area (Å²) in [7, 11) is 0. The lowest BCUT2D eigenvalue weighted by Gasteiger charge is -2.03. The summed E-state index contributed by atoms with van der Waals surface area (Å²) >= 11 is 3.41. The molecule has 0 unspecified atom stereocenters. The van der Waals surface area contributed by atoms with E-state index in [4.69, 9.17) is 0 Å². The predicted molar refractivity (Wildman–Crippen MR) is 88.2 cm³/mol. The molecule has 0 saturated heterocycles. The van der Waals surface area contributed by atoms with Gasteiger partial charge in [-0.3, -0.25) is 4.79 Å². The van der Waals surface area contributed by atoms with Crippen molar-refractivity contribution in [1.82, 2.24) is 15.0 Å². The maximum Gasteiger partial charge on any atom is 0.277 e. The van der Waals surface area contributed by atoms with Crippen LogP contribution in [0, 0.1) is 6.92 Å². The van der Waals surface area contributed by atoms with Crippen LogP contribution in [0.3, 0.4) is 0 Å². The Kier molecular flexibility index (Phi) is 4.02. The van der Waals surface area contributed by atoms with Crippen LogP contribution in [-0.2, 0) is 0 Å². The van der Waals surface area contributed by atoms with E-state index in [-0.39, 0.29) is 11.6 Å². The number of carbonyl (C=O) groups is 1. The maximum absolute atomic E-state index is 12.2. The number of halogens is 1. The number of nitrogens with one attached hydrogen (secondary N) is 1. The molecule has 0 saturated carbocycles. The van der Waals surface area contributed by atoms with Gasteiger partial charge in [-0.25, -0.2) is 4.68 Å². The van der Waals surface area contributed by atoms with E-state index in [2.05, 4.69) is 31.6 Å². The SMILES string of the molecule is Cc1cccc(NC(=O)c2cn(-c3cccc(Br)c3)nn2)c1. The highest BCUT2D eigenvalue weighted by Gasteiger charge is 2.12. The molecular formula is C16H13BrN4O. The van der Waals surface area contributed by atoms with E-state index < -0.39 is 0 Å². The zero-order valence-corrected chi connectivity index (χ0v) is 13.4. The largest absolute Gasteiger partial charge is 0.321 e. The molecule has 0 atom stereocenters. The lowest BCUT2D eigenvalue weighted by Crippen LogP contribution is -2.12. The highest BCUT2D eigenvalue weighted by Crippen LogP contribution is 2.15. The number of amides is 1. The second-order valence-corrected chi connectivity index (χ2v) is 5.77. The summed E-state index contributed by atoms with van der Waals surface area (Å²) in [5.74, 6) is -0.285. The van der Waals surface area contributed by atoms with E-state index in [0.717, 1.165) is 21.4 Å². The fourth-order valence-electron chi connectivity index (χ4n) is 2.03. The van der Waals surface area contributed by atoms with Gasteiger partial charge in [0.25, 0.3) is 5.91 Å². The van der Waals surface area contributed by atoms with E-state index in [1.807, 2.05) is 55.5 Å². The highest BCUT2D eigenvalue weighted by atomic mass is 79.9. The van der Waals surface area contributed by atoms with Crippen LogP contribution in [0.2, 0.25) is 0 Å². The first-order chi connectivity index (χ1) is 10.6. The number of aryl methyl sites for hydroxylation is 1. The average molecular weight is 357 g/mol. The molecule has 3 rings (SSSR count). The van der Waals surface area contributed by atoms with Gasteiger partial charge in [-0.05, 0) is 42.8 Å². The van der Waals surface area contributed by atoms with Crippen molar-refractivity contribution < 1.29 is 4.79 Å². The molecule has 6 heteroatoms. The number of carbonyl (C=O) groups excluding carboxylic acids is 1. The first-order valence-corrected chi connectivity index (χ1v) is 7.47. The molecule has 5 nitrogen and oxygen atoms in total. The molecule has 0 spiro atoms. The van der Waals surface area contributed by atoms with Gasteiger partial charge in [-0.15, -0.1) is 5.10 Å². The number of hydrogen-bond acceptors (Lipinski definition) is 3. The Morgan fingerprint density at radius 1 is 1.18 bits per heavy atom. The van der Waals surface area contributed by atoms with E-state index in [0.29, 0.717) is 0 Å². The van der Waals surface area contributed by atoms with Crippen LogP contribution in [0.15, 0.2) is 59.2 Å². The van der Waals surface area contributed by atoms with Crippen molar-refractivity contribution in [1.29, 1.82) is 0 Å². The highest BCUT2D eigenvalue weighted by molar-refractivity contribution is 9.10. The van der Waals surface area contributed by atoms with Crippen LogP contribution >= 0.6 is 15.9 Å². The Morgan fingerprint density at radius 2 is 2.00 bits per heavy atom. The molecule has 0 bridgehead atoms. The third kappa shape index (κ3) is 3.23. The second-order valence-electron chi connectivity index (χ2n) is 4.85. The van der Waals surface area contributed by atoms with Crippen LogP contribution in [0.1, 0.15) is 16.1 Å². The van der Waals surface area contributed by atoms with E-state index >= 15 is 0 Å². The van der Waals surface area contributed by atoms with Crippen molar-refractivity contribution in [2.75, 3.05) is 5.32 Å². The minimum Gasteiger partial charge on any atom is -0.321 e. The summed E-state index contributed by atoms with van der Waals surface area (Å²) in [4.78, 5) is 12.2. The summed E-state index contributed by atoms with van der Waals surface area (Å²) < 4.78 is 2.50. The minimum absolute atomic E-state index is 0.265. The molecule has 1 N–H and O–H groups in total. The maximum atomic E-state index is 12.2. The summed E-state index contributed by atoms with van der Waals surface area (Å²) in [6.45, 7) is 1.97. The quantitative estimate of drug-likeness (QED) is 0.779. The zero-order valence-electron chi connectivity index (χ0n) is 11.8. The zero-order chi connectivity index (χ0) is 15.5. The van der Waals surface area contributed by atoms with Gasteiger partial charge in [-0.2, -0.15) is 0 Å². The molecular weight excluding hydrogens is 344 g/mol. The van der Waals surface area contributed by atoms with Crippen LogP contribution in [0.5, 0.6) is 0 Å². The molecule has 0 aliphatic heterocycles. The van der Waals surface area contributed by atoms with Crippen molar-refractivity contribution in [2.45, 2.75) is 6.92 Å². The number of nitrogens with zero attached hydrogens (tertiary/aromatic N) is 3. The smallest absolute Gasteiger partial charge is 0.277 e. The average Bonchev–Trinajstić information content (AvgIpc) is 2.97. The fraction of sp³-hybridized carbons (Fsp3) is 0.0625. The van der Waals surface area contributed by atoms with Crippen molar-refractivity contribution in [3.8, 4) is 5.69 Å². The van der Waals surface area contributed by atoms with E-state index in [1.165, 1.54) is 0 Å². The lowest BCUT2D eigenvalue weighted by atomic mass is 10.2. The van der Waals surface area contributed by atoms with Gasteiger partial charge in [0, 0.05) is 10.2 Å². The van der Waals surface area contributed by atoms with Gasteiger partial charge < -0.3 is 5.32 Å². The van der Waals surface area contributed by atoms with Crippen molar-refractivity contribution in [3.05, 3.63) is 70.5 Å². The number of rotatable bonds is 3. The summed E-state index contributed by atoms with van der Waals surface area (Å²) in [5, 5.41) is 10.7. The topological polar surface area (TPSA) is 59.8 Å². The normalized spacial score (nSPS) is 10.5. The molecule has 0 fully saturated rings. The number of hydrogen-bond donors (Lipinski definition) is 1. The second kappa shape index (κ2) is 6.11. The first-order valence-electron chi connectivity index (χ1n) is 6.68. The van der Waals surface area contributed by atoms with Crippen molar-refractivity contribution in [2.24, 2.45) is 0 Å². The number of aromatic nitrogens is 3. The van der Waals surface area contributed by atoms with Gasteiger partial charge in [-0.1, -0.05) is 39.3 Å². The molecule has 2 aromatic carbocycles. The van der Waals surface area contributed by atoms with Crippen LogP contribution in [0.25, 0.3) is 5.69 Å². The van der Waals surface area contributed by atoms with Crippen molar-refractivity contribution >= 4 is 27.5 Å². The molecule has 110 valence electrons.